The van der Waals surface area contributed by atoms with Gasteiger partial charge in [0.2, 0.25) is 9.84 Å². The number of benzene rings is 2. The number of halogens is 1. The van der Waals surface area contributed by atoms with E-state index in [0.29, 0.717) is 29.7 Å². The molecular formula is C24H25ClN2O3S. The molecule has 5 rings (SSSR count). The number of anilines is 2. The Balaban J connectivity index is 1.62. The highest BCUT2D eigenvalue weighted by Gasteiger charge is 2.38. The van der Waals surface area contributed by atoms with E-state index < -0.39 is 15.7 Å². The highest BCUT2D eigenvalue weighted by atomic mass is 35.5. The van der Waals surface area contributed by atoms with E-state index in [4.69, 9.17) is 11.6 Å². The van der Waals surface area contributed by atoms with Crippen molar-refractivity contribution in [1.29, 1.82) is 0 Å². The van der Waals surface area contributed by atoms with Crippen LogP contribution in [0.3, 0.4) is 0 Å². The number of amides is 1. The van der Waals surface area contributed by atoms with E-state index in [2.05, 4.69) is 19.1 Å². The van der Waals surface area contributed by atoms with Crippen LogP contribution in [0.5, 0.6) is 0 Å². The molecule has 0 saturated carbocycles. The lowest BCUT2D eigenvalue weighted by atomic mass is 9.99. The predicted octanol–water partition coefficient (Wildman–Crippen LogP) is 4.85. The summed E-state index contributed by atoms with van der Waals surface area (Å²) in [5.41, 5.74) is 3.94. The Morgan fingerprint density at radius 2 is 1.77 bits per heavy atom. The third-order valence-electron chi connectivity index (χ3n) is 6.65. The molecule has 2 aromatic carbocycles. The zero-order chi connectivity index (χ0) is 21.8. The maximum atomic E-state index is 13.4. The molecule has 3 aliphatic rings. The first-order valence-corrected chi connectivity index (χ1v) is 12.7. The number of aryl methyl sites for hydroxylation is 2. The molecule has 0 unspecified atom stereocenters. The molecule has 0 atom stereocenters. The van der Waals surface area contributed by atoms with Gasteiger partial charge in [0, 0.05) is 30.0 Å². The summed E-state index contributed by atoms with van der Waals surface area (Å²) in [6.45, 7) is 3.33. The van der Waals surface area contributed by atoms with Crippen LogP contribution >= 0.6 is 11.6 Å². The number of hydrogen-bond acceptors (Lipinski definition) is 4. The summed E-state index contributed by atoms with van der Waals surface area (Å²) in [6, 6.07) is 10.9. The van der Waals surface area contributed by atoms with Crippen molar-refractivity contribution in [2.75, 3.05) is 18.0 Å². The summed E-state index contributed by atoms with van der Waals surface area (Å²) in [5, 5.41) is 0.452. The minimum atomic E-state index is -3.94. The molecule has 162 valence electrons. The number of likely N-dealkylation sites (tertiary alicyclic amines) is 1. The Hall–Kier alpha value is -2.31. The molecule has 0 N–H and O–H groups in total. The van der Waals surface area contributed by atoms with E-state index in [0.717, 1.165) is 37.8 Å². The van der Waals surface area contributed by atoms with Crippen molar-refractivity contribution < 1.29 is 13.2 Å². The van der Waals surface area contributed by atoms with Gasteiger partial charge in [-0.3, -0.25) is 4.79 Å². The Kier molecular flexibility index (Phi) is 5.10. The lowest BCUT2D eigenvalue weighted by molar-refractivity contribution is -0.127. The first-order valence-electron chi connectivity index (χ1n) is 10.8. The highest BCUT2D eigenvalue weighted by molar-refractivity contribution is 7.96. The predicted molar refractivity (Wildman–Crippen MR) is 122 cm³/mol. The fraction of sp³-hybridized carbons (Fsp3) is 0.375. The molecule has 0 radical (unpaired) electrons. The van der Waals surface area contributed by atoms with Crippen molar-refractivity contribution in [3.05, 3.63) is 63.7 Å². The molecule has 31 heavy (non-hydrogen) atoms. The van der Waals surface area contributed by atoms with Crippen LogP contribution in [0.2, 0.25) is 5.02 Å². The molecule has 1 fully saturated rings. The van der Waals surface area contributed by atoms with E-state index in [9.17, 15) is 13.2 Å². The number of rotatable bonds is 2. The number of hydrogen-bond donors (Lipinski definition) is 0. The Morgan fingerprint density at radius 1 is 1.03 bits per heavy atom. The average molecular weight is 457 g/mol. The van der Waals surface area contributed by atoms with E-state index in [1.54, 1.807) is 21.9 Å². The van der Waals surface area contributed by atoms with Gasteiger partial charge in [0.05, 0.1) is 10.6 Å². The van der Waals surface area contributed by atoms with Crippen LogP contribution in [0.15, 0.2) is 52.4 Å². The van der Waals surface area contributed by atoms with Crippen molar-refractivity contribution in [2.45, 2.75) is 43.9 Å². The van der Waals surface area contributed by atoms with Crippen LogP contribution in [-0.4, -0.2) is 32.3 Å². The smallest absolute Gasteiger partial charge is 0.267 e. The van der Waals surface area contributed by atoms with Crippen molar-refractivity contribution >= 4 is 38.7 Å². The Morgan fingerprint density at radius 3 is 2.55 bits per heavy atom. The van der Waals surface area contributed by atoms with Crippen LogP contribution in [0.25, 0.3) is 0 Å². The quantitative estimate of drug-likeness (QED) is 0.647. The third kappa shape index (κ3) is 3.56. The summed E-state index contributed by atoms with van der Waals surface area (Å²) < 4.78 is 26.9. The summed E-state index contributed by atoms with van der Waals surface area (Å²) >= 11 is 6.23. The molecule has 5 nitrogen and oxygen atoms in total. The average Bonchev–Trinajstić information content (AvgIpc) is 3.21. The molecule has 1 aliphatic carbocycles. The fourth-order valence-corrected chi connectivity index (χ4v) is 6.43. The van der Waals surface area contributed by atoms with Crippen molar-refractivity contribution in [3.63, 3.8) is 0 Å². The minimum absolute atomic E-state index is 0.119. The van der Waals surface area contributed by atoms with E-state index >= 15 is 0 Å². The molecule has 2 heterocycles. The number of nitrogens with zero attached hydrogens (tertiary/aromatic N) is 2. The topological polar surface area (TPSA) is 57.7 Å². The van der Waals surface area contributed by atoms with Gasteiger partial charge in [0.15, 0.2) is 4.91 Å². The normalized spacial score (nSPS) is 20.3. The minimum Gasteiger partial charge on any atom is -0.338 e. The summed E-state index contributed by atoms with van der Waals surface area (Å²) in [7, 11) is -3.94. The maximum Gasteiger partial charge on any atom is 0.267 e. The number of piperidine rings is 1. The second kappa shape index (κ2) is 7.68. The van der Waals surface area contributed by atoms with E-state index in [1.165, 1.54) is 23.4 Å². The van der Waals surface area contributed by atoms with Crippen molar-refractivity contribution in [2.24, 2.45) is 5.92 Å². The van der Waals surface area contributed by atoms with E-state index in [1.807, 2.05) is 6.07 Å². The number of sulfone groups is 1. The number of carbonyl (C=O) groups excluding carboxylic acids is 1. The summed E-state index contributed by atoms with van der Waals surface area (Å²) in [4.78, 5) is 16.8. The number of fused-ring (bicyclic) bond motifs is 2. The monoisotopic (exact) mass is 456 g/mol. The molecule has 0 aromatic heterocycles. The van der Waals surface area contributed by atoms with Gasteiger partial charge in [0.1, 0.15) is 0 Å². The van der Waals surface area contributed by atoms with Gasteiger partial charge in [-0.1, -0.05) is 24.6 Å². The summed E-state index contributed by atoms with van der Waals surface area (Å²) in [5.74, 6) is 0.130. The van der Waals surface area contributed by atoms with E-state index in [-0.39, 0.29) is 9.80 Å². The fourth-order valence-electron chi connectivity index (χ4n) is 4.74. The molecule has 2 aromatic rings. The molecule has 2 aliphatic heterocycles. The second-order valence-corrected chi connectivity index (χ2v) is 11.1. The standard InChI is InChI=1S/C24H25ClN2O3S/c1-16-9-11-26(12-10-16)24(28)23-15-27(20-7-5-17-3-2-4-18(17)13-20)21-14-19(25)6-8-22(21)31(23,29)30/h5-8,13-16H,2-4,9-12H2,1H3. The Bertz CT molecular complexity index is 1200. The van der Waals surface area contributed by atoms with Crippen molar-refractivity contribution in [1.82, 2.24) is 4.90 Å². The van der Waals surface area contributed by atoms with Crippen LogP contribution in [0.4, 0.5) is 11.4 Å². The maximum absolute atomic E-state index is 13.4. The SMILES string of the molecule is CC1CCN(C(=O)C2=CN(c3ccc4c(c3)CCC4)c3cc(Cl)ccc3S2(=O)=O)CC1. The largest absolute Gasteiger partial charge is 0.338 e. The molecule has 0 bridgehead atoms. The third-order valence-corrected chi connectivity index (χ3v) is 8.67. The zero-order valence-corrected chi connectivity index (χ0v) is 19.0. The van der Waals surface area contributed by atoms with Crippen molar-refractivity contribution in [3.8, 4) is 0 Å². The highest BCUT2D eigenvalue weighted by Crippen LogP contribution is 2.42. The Labute approximate surface area is 188 Å². The van der Waals surface area contributed by atoms with Gasteiger partial charge in [-0.2, -0.15) is 0 Å². The molecule has 7 heteroatoms. The first-order chi connectivity index (χ1) is 14.8. The van der Waals surface area contributed by atoms with Gasteiger partial charge < -0.3 is 9.80 Å². The van der Waals surface area contributed by atoms with Crippen LogP contribution < -0.4 is 4.90 Å². The molecule has 0 spiro atoms. The lowest BCUT2D eigenvalue weighted by Crippen LogP contribution is -2.41. The second-order valence-electron chi connectivity index (χ2n) is 8.76. The van der Waals surface area contributed by atoms with Gasteiger partial charge in [-0.05, 0) is 79.5 Å². The first kappa shape index (κ1) is 20.6. The summed E-state index contributed by atoms with van der Waals surface area (Å²) in [6.07, 6.45) is 6.48. The number of carbonyl (C=O) groups is 1. The van der Waals surface area contributed by atoms with Gasteiger partial charge in [-0.15, -0.1) is 0 Å². The molecular weight excluding hydrogens is 432 g/mol. The van der Waals surface area contributed by atoms with Crippen LogP contribution in [0.1, 0.15) is 37.3 Å². The molecule has 1 saturated heterocycles. The van der Waals surface area contributed by atoms with Gasteiger partial charge >= 0.3 is 0 Å². The van der Waals surface area contributed by atoms with Gasteiger partial charge in [-0.25, -0.2) is 8.42 Å². The van der Waals surface area contributed by atoms with Crippen LogP contribution in [-0.2, 0) is 27.5 Å². The lowest BCUT2D eigenvalue weighted by Gasteiger charge is -2.34. The van der Waals surface area contributed by atoms with Gasteiger partial charge in [0.25, 0.3) is 5.91 Å². The molecule has 1 amide bonds. The zero-order valence-electron chi connectivity index (χ0n) is 17.5. The van der Waals surface area contributed by atoms with Crippen LogP contribution in [0, 0.1) is 5.92 Å².